The van der Waals surface area contributed by atoms with Crippen LogP contribution in [0.15, 0.2) is 42.5 Å². The zero-order valence-electron chi connectivity index (χ0n) is 14.5. The maximum Gasteiger partial charge on any atom is 0.319 e. The highest BCUT2D eigenvalue weighted by Gasteiger charge is 2.16. The van der Waals surface area contributed by atoms with Gasteiger partial charge in [-0.15, -0.1) is 0 Å². The van der Waals surface area contributed by atoms with Gasteiger partial charge in [0.15, 0.2) is 11.5 Å². The van der Waals surface area contributed by atoms with Gasteiger partial charge in [0.1, 0.15) is 5.75 Å². The number of rotatable bonds is 7. The molecule has 0 aromatic heterocycles. The number of aliphatic hydroxyl groups is 1. The van der Waals surface area contributed by atoms with E-state index < -0.39 is 6.10 Å². The molecule has 1 heterocycles. The smallest absolute Gasteiger partial charge is 0.319 e. The Hall–Kier alpha value is -2.93. The van der Waals surface area contributed by atoms with Crippen molar-refractivity contribution in [2.24, 2.45) is 0 Å². The number of carbonyl (C=O) groups is 1. The quantitative estimate of drug-likeness (QED) is 0.708. The molecule has 1 unspecified atom stereocenters. The third-order valence-corrected chi connectivity index (χ3v) is 3.91. The summed E-state index contributed by atoms with van der Waals surface area (Å²) in [6, 6.07) is 12.1. The van der Waals surface area contributed by atoms with Gasteiger partial charge in [0.25, 0.3) is 0 Å². The van der Waals surface area contributed by atoms with Gasteiger partial charge in [-0.3, -0.25) is 0 Å². The molecule has 0 saturated heterocycles. The molecule has 7 nitrogen and oxygen atoms in total. The highest BCUT2D eigenvalue weighted by Crippen LogP contribution is 2.34. The SMILES string of the molecule is CCOc1ccc(NC(=O)NCCC(O)c2ccc3c(c2)OCO3)cc1. The first kappa shape index (κ1) is 17.9. The second-order valence-corrected chi connectivity index (χ2v) is 5.76. The number of amides is 2. The molecule has 0 fully saturated rings. The Morgan fingerprint density at radius 1 is 1.19 bits per heavy atom. The van der Waals surface area contributed by atoms with Crippen LogP contribution in [0.1, 0.15) is 25.0 Å². The van der Waals surface area contributed by atoms with Crippen molar-refractivity contribution in [2.75, 3.05) is 25.3 Å². The van der Waals surface area contributed by atoms with Crippen molar-refractivity contribution in [1.82, 2.24) is 5.32 Å². The van der Waals surface area contributed by atoms with E-state index in [1.54, 1.807) is 42.5 Å². The number of nitrogens with one attached hydrogen (secondary N) is 2. The van der Waals surface area contributed by atoms with Gasteiger partial charge >= 0.3 is 6.03 Å². The molecule has 0 radical (unpaired) electrons. The Bertz CT molecular complexity index is 748. The van der Waals surface area contributed by atoms with Crippen molar-refractivity contribution < 1.29 is 24.1 Å². The van der Waals surface area contributed by atoms with E-state index in [0.717, 1.165) is 11.3 Å². The number of hydrogen-bond acceptors (Lipinski definition) is 5. The zero-order chi connectivity index (χ0) is 18.4. The van der Waals surface area contributed by atoms with Gasteiger partial charge < -0.3 is 30.0 Å². The Kier molecular flexibility index (Phi) is 5.80. The van der Waals surface area contributed by atoms with Crippen LogP contribution in [0, 0.1) is 0 Å². The van der Waals surface area contributed by atoms with E-state index in [1.807, 2.05) is 6.92 Å². The Morgan fingerprint density at radius 3 is 2.73 bits per heavy atom. The fourth-order valence-corrected chi connectivity index (χ4v) is 2.59. The molecule has 7 heteroatoms. The molecular formula is C19H22N2O5. The van der Waals surface area contributed by atoms with E-state index in [2.05, 4.69) is 10.6 Å². The molecule has 2 aromatic rings. The van der Waals surface area contributed by atoms with Gasteiger partial charge in [0.2, 0.25) is 6.79 Å². The average molecular weight is 358 g/mol. The lowest BCUT2D eigenvalue weighted by Gasteiger charge is -2.13. The van der Waals surface area contributed by atoms with Crippen molar-refractivity contribution in [2.45, 2.75) is 19.4 Å². The maximum absolute atomic E-state index is 11.9. The van der Waals surface area contributed by atoms with Crippen LogP contribution in [0.2, 0.25) is 0 Å². The van der Waals surface area contributed by atoms with Crippen LogP contribution < -0.4 is 24.8 Å². The van der Waals surface area contributed by atoms with Gasteiger partial charge in [-0.25, -0.2) is 4.79 Å². The summed E-state index contributed by atoms with van der Waals surface area (Å²) in [4.78, 5) is 11.9. The second-order valence-electron chi connectivity index (χ2n) is 5.76. The molecule has 2 amide bonds. The minimum Gasteiger partial charge on any atom is -0.494 e. The lowest BCUT2D eigenvalue weighted by molar-refractivity contribution is 0.165. The summed E-state index contributed by atoms with van der Waals surface area (Å²) in [5, 5.41) is 15.7. The lowest BCUT2D eigenvalue weighted by Crippen LogP contribution is -2.30. The van der Waals surface area contributed by atoms with Crippen LogP contribution in [0.4, 0.5) is 10.5 Å². The number of carbonyl (C=O) groups excluding carboxylic acids is 1. The number of ether oxygens (including phenoxy) is 3. The van der Waals surface area contributed by atoms with Gasteiger partial charge in [-0.1, -0.05) is 6.07 Å². The highest BCUT2D eigenvalue weighted by atomic mass is 16.7. The molecule has 3 rings (SSSR count). The summed E-state index contributed by atoms with van der Waals surface area (Å²) in [5.74, 6) is 2.06. The lowest BCUT2D eigenvalue weighted by atomic mass is 10.1. The third-order valence-electron chi connectivity index (χ3n) is 3.91. The second kappa shape index (κ2) is 8.44. The largest absolute Gasteiger partial charge is 0.494 e. The molecule has 1 aliphatic rings. The first-order chi connectivity index (χ1) is 12.7. The van der Waals surface area contributed by atoms with Crippen molar-refractivity contribution in [1.29, 1.82) is 0 Å². The van der Waals surface area contributed by atoms with Gasteiger partial charge in [0, 0.05) is 12.2 Å². The summed E-state index contributed by atoms with van der Waals surface area (Å²) >= 11 is 0. The van der Waals surface area contributed by atoms with E-state index >= 15 is 0 Å². The predicted molar refractivity (Wildman–Crippen MR) is 96.8 cm³/mol. The Balaban J connectivity index is 1.43. The van der Waals surface area contributed by atoms with Crippen molar-refractivity contribution >= 4 is 11.7 Å². The summed E-state index contributed by atoms with van der Waals surface area (Å²) in [6.45, 7) is 3.04. The van der Waals surface area contributed by atoms with Crippen LogP contribution in [0.3, 0.4) is 0 Å². The van der Waals surface area contributed by atoms with Crippen LogP contribution in [-0.2, 0) is 0 Å². The molecule has 2 aromatic carbocycles. The maximum atomic E-state index is 11.9. The standard InChI is InChI=1S/C19H22N2O5/c1-2-24-15-6-4-14(5-7-15)21-19(23)20-10-9-16(22)13-3-8-17-18(11-13)26-12-25-17/h3-8,11,16,22H,2,9-10,12H2,1H3,(H2,20,21,23). The summed E-state index contributed by atoms with van der Waals surface area (Å²) < 4.78 is 15.9. The molecule has 0 aliphatic carbocycles. The Morgan fingerprint density at radius 2 is 1.96 bits per heavy atom. The van der Waals surface area contributed by atoms with Gasteiger partial charge in [-0.2, -0.15) is 0 Å². The van der Waals surface area contributed by atoms with Crippen molar-refractivity contribution in [3.05, 3.63) is 48.0 Å². The summed E-state index contributed by atoms with van der Waals surface area (Å²) in [7, 11) is 0. The van der Waals surface area contributed by atoms with Crippen LogP contribution in [0.25, 0.3) is 0 Å². The minimum absolute atomic E-state index is 0.197. The van der Waals surface area contributed by atoms with Gasteiger partial charge in [0.05, 0.1) is 12.7 Å². The number of anilines is 1. The zero-order valence-corrected chi connectivity index (χ0v) is 14.5. The minimum atomic E-state index is -0.699. The number of urea groups is 1. The molecular weight excluding hydrogens is 336 g/mol. The normalized spacial score (nSPS) is 13.2. The van der Waals surface area contributed by atoms with Crippen LogP contribution in [-0.4, -0.2) is 31.1 Å². The first-order valence-corrected chi connectivity index (χ1v) is 8.51. The van der Waals surface area contributed by atoms with E-state index in [0.29, 0.717) is 36.8 Å². The molecule has 138 valence electrons. The Labute approximate surface area is 151 Å². The van der Waals surface area contributed by atoms with E-state index in [4.69, 9.17) is 14.2 Å². The number of aliphatic hydroxyl groups excluding tert-OH is 1. The predicted octanol–water partition coefficient (Wildman–Crippen LogP) is 3.06. The molecule has 0 saturated carbocycles. The third kappa shape index (κ3) is 4.58. The van der Waals surface area contributed by atoms with Gasteiger partial charge in [-0.05, 0) is 55.3 Å². The molecule has 26 heavy (non-hydrogen) atoms. The fourth-order valence-electron chi connectivity index (χ4n) is 2.59. The number of benzene rings is 2. The van der Waals surface area contributed by atoms with Crippen molar-refractivity contribution in [3.8, 4) is 17.2 Å². The monoisotopic (exact) mass is 358 g/mol. The molecule has 1 atom stereocenters. The highest BCUT2D eigenvalue weighted by molar-refractivity contribution is 5.89. The molecule has 3 N–H and O–H groups in total. The average Bonchev–Trinajstić information content (AvgIpc) is 3.11. The van der Waals surface area contributed by atoms with Crippen LogP contribution >= 0.6 is 0 Å². The summed E-state index contributed by atoms with van der Waals surface area (Å²) in [5.41, 5.74) is 1.39. The number of hydrogen-bond donors (Lipinski definition) is 3. The molecule has 0 spiro atoms. The van der Waals surface area contributed by atoms with Crippen LogP contribution in [0.5, 0.6) is 17.2 Å². The molecule has 0 bridgehead atoms. The van der Waals surface area contributed by atoms with E-state index in [-0.39, 0.29) is 12.8 Å². The fraction of sp³-hybridized carbons (Fsp3) is 0.316. The summed E-state index contributed by atoms with van der Waals surface area (Å²) in [6.07, 6.45) is -0.314. The first-order valence-electron chi connectivity index (χ1n) is 8.51. The van der Waals surface area contributed by atoms with Crippen molar-refractivity contribution in [3.63, 3.8) is 0 Å². The number of fused-ring (bicyclic) bond motifs is 1. The topological polar surface area (TPSA) is 89.1 Å². The molecule has 1 aliphatic heterocycles. The van der Waals surface area contributed by atoms with E-state index in [1.165, 1.54) is 0 Å². The van der Waals surface area contributed by atoms with E-state index in [9.17, 15) is 9.90 Å².